The standard InChI is InChI=1S/C22H14F6/c23-21(24,25)20(22(26,27)28)18-9-4-3-8-16(18)17-11-5-10-15-14-7-2-1-6-13(14)12-19(15)17/h1-11,20H,12H2. The lowest BCUT2D eigenvalue weighted by Crippen LogP contribution is -2.34. The van der Waals surface area contributed by atoms with E-state index in [4.69, 9.17) is 0 Å². The first-order valence-corrected chi connectivity index (χ1v) is 8.61. The molecule has 0 N–H and O–H groups in total. The first-order valence-electron chi connectivity index (χ1n) is 8.61. The van der Waals surface area contributed by atoms with E-state index in [9.17, 15) is 26.3 Å². The summed E-state index contributed by atoms with van der Waals surface area (Å²) in [6.07, 6.45) is -10.4. The highest BCUT2D eigenvalue weighted by molar-refractivity contribution is 5.85. The molecule has 0 aliphatic heterocycles. The van der Waals surface area contributed by atoms with Crippen LogP contribution in [0.4, 0.5) is 26.3 Å². The van der Waals surface area contributed by atoms with Crippen LogP contribution in [0.1, 0.15) is 22.6 Å². The molecule has 0 unspecified atom stereocenters. The molecule has 0 fully saturated rings. The Kier molecular flexibility index (Phi) is 4.25. The molecule has 0 aromatic heterocycles. The molecular weight excluding hydrogens is 378 g/mol. The lowest BCUT2D eigenvalue weighted by molar-refractivity contribution is -0.253. The van der Waals surface area contributed by atoms with Gasteiger partial charge < -0.3 is 0 Å². The summed E-state index contributed by atoms with van der Waals surface area (Å²) in [5, 5.41) is 0. The van der Waals surface area contributed by atoms with Crippen molar-refractivity contribution in [1.29, 1.82) is 0 Å². The fourth-order valence-corrected chi connectivity index (χ4v) is 3.94. The van der Waals surface area contributed by atoms with E-state index in [1.807, 2.05) is 30.3 Å². The molecule has 0 saturated carbocycles. The summed E-state index contributed by atoms with van der Waals surface area (Å²) < 4.78 is 80.2. The van der Waals surface area contributed by atoms with E-state index in [2.05, 4.69) is 0 Å². The monoisotopic (exact) mass is 392 g/mol. The average molecular weight is 392 g/mol. The van der Waals surface area contributed by atoms with E-state index < -0.39 is 23.8 Å². The molecule has 0 saturated heterocycles. The zero-order valence-electron chi connectivity index (χ0n) is 14.4. The minimum Gasteiger partial charge on any atom is -0.170 e. The maximum absolute atomic E-state index is 13.4. The molecule has 1 aliphatic carbocycles. The molecule has 1 aliphatic rings. The van der Waals surface area contributed by atoms with Crippen molar-refractivity contribution < 1.29 is 26.3 Å². The third kappa shape index (κ3) is 3.07. The number of alkyl halides is 6. The van der Waals surface area contributed by atoms with Crippen molar-refractivity contribution in [3.8, 4) is 22.3 Å². The zero-order valence-corrected chi connectivity index (χ0v) is 14.4. The van der Waals surface area contributed by atoms with Crippen molar-refractivity contribution >= 4 is 0 Å². The minimum absolute atomic E-state index is 0.0354. The molecule has 0 radical (unpaired) electrons. The lowest BCUT2D eigenvalue weighted by atomic mass is 9.86. The average Bonchev–Trinajstić information content (AvgIpc) is 2.99. The van der Waals surface area contributed by atoms with Gasteiger partial charge in [-0.1, -0.05) is 66.7 Å². The van der Waals surface area contributed by atoms with Gasteiger partial charge in [0.1, 0.15) is 0 Å². The Morgan fingerprint density at radius 2 is 1.07 bits per heavy atom. The molecule has 0 nitrogen and oxygen atoms in total. The van der Waals surface area contributed by atoms with Gasteiger partial charge in [-0.3, -0.25) is 0 Å². The van der Waals surface area contributed by atoms with Crippen molar-refractivity contribution in [1.82, 2.24) is 0 Å². The zero-order chi connectivity index (χ0) is 20.1. The number of rotatable bonds is 2. The molecule has 0 spiro atoms. The van der Waals surface area contributed by atoms with Crippen LogP contribution in [0.25, 0.3) is 22.3 Å². The van der Waals surface area contributed by atoms with E-state index in [0.717, 1.165) is 28.3 Å². The molecule has 0 heterocycles. The second-order valence-corrected chi connectivity index (χ2v) is 6.77. The van der Waals surface area contributed by atoms with Crippen LogP contribution in [0.15, 0.2) is 66.7 Å². The maximum atomic E-state index is 13.4. The normalized spacial score (nSPS) is 13.5. The summed E-state index contributed by atoms with van der Waals surface area (Å²) in [5.41, 5.74) is 3.16. The van der Waals surface area contributed by atoms with Crippen molar-refractivity contribution in [2.24, 2.45) is 0 Å². The molecule has 0 amide bonds. The van der Waals surface area contributed by atoms with Gasteiger partial charge in [0.15, 0.2) is 5.92 Å². The van der Waals surface area contributed by atoms with Crippen LogP contribution in [0.3, 0.4) is 0 Å². The van der Waals surface area contributed by atoms with E-state index in [-0.39, 0.29) is 5.56 Å². The Bertz CT molecular complexity index is 1020. The fourth-order valence-electron chi connectivity index (χ4n) is 3.94. The van der Waals surface area contributed by atoms with Gasteiger partial charge in [-0.25, -0.2) is 0 Å². The Hall–Kier alpha value is -2.76. The predicted octanol–water partition coefficient (Wildman–Crippen LogP) is 7.13. The molecular formula is C22H14F6. The SMILES string of the molecule is FC(F)(F)C(c1ccccc1-c1cccc2c1Cc1ccccc1-2)C(F)(F)F. The molecule has 6 heteroatoms. The Labute approximate surface area is 157 Å². The number of hydrogen-bond donors (Lipinski definition) is 0. The lowest BCUT2D eigenvalue weighted by Gasteiger charge is -2.26. The minimum atomic E-state index is -5.44. The van der Waals surface area contributed by atoms with Gasteiger partial charge in [0, 0.05) is 0 Å². The maximum Gasteiger partial charge on any atom is 0.404 e. The van der Waals surface area contributed by atoms with E-state index >= 15 is 0 Å². The van der Waals surface area contributed by atoms with Crippen LogP contribution in [-0.2, 0) is 6.42 Å². The molecule has 0 atom stereocenters. The van der Waals surface area contributed by atoms with Gasteiger partial charge in [0.2, 0.25) is 0 Å². The van der Waals surface area contributed by atoms with Crippen LogP contribution in [0.5, 0.6) is 0 Å². The van der Waals surface area contributed by atoms with Gasteiger partial charge in [0.25, 0.3) is 0 Å². The summed E-state index contributed by atoms with van der Waals surface area (Å²) in [6.45, 7) is 0. The predicted molar refractivity (Wildman–Crippen MR) is 95.0 cm³/mol. The van der Waals surface area contributed by atoms with E-state index in [1.54, 1.807) is 12.1 Å². The Morgan fingerprint density at radius 3 is 1.71 bits per heavy atom. The smallest absolute Gasteiger partial charge is 0.170 e. The number of halogens is 6. The molecule has 4 rings (SSSR count). The number of hydrogen-bond acceptors (Lipinski definition) is 0. The number of fused-ring (bicyclic) bond motifs is 3. The topological polar surface area (TPSA) is 0 Å². The van der Waals surface area contributed by atoms with Crippen LogP contribution in [-0.4, -0.2) is 12.4 Å². The Morgan fingerprint density at radius 1 is 0.571 bits per heavy atom. The third-order valence-corrected chi connectivity index (χ3v) is 5.07. The van der Waals surface area contributed by atoms with Crippen LogP contribution in [0, 0.1) is 0 Å². The molecule has 3 aromatic rings. The highest BCUT2D eigenvalue weighted by atomic mass is 19.4. The quantitative estimate of drug-likeness (QED) is 0.318. The summed E-state index contributed by atoms with van der Waals surface area (Å²) in [4.78, 5) is 0. The molecule has 0 bridgehead atoms. The first-order chi connectivity index (χ1) is 13.2. The highest BCUT2D eigenvalue weighted by Gasteiger charge is 2.58. The van der Waals surface area contributed by atoms with Gasteiger partial charge in [-0.15, -0.1) is 0 Å². The fraction of sp³-hybridized carbons (Fsp3) is 0.182. The molecule has 144 valence electrons. The van der Waals surface area contributed by atoms with Crippen LogP contribution < -0.4 is 0 Å². The van der Waals surface area contributed by atoms with Gasteiger partial charge in [-0.2, -0.15) is 26.3 Å². The second kappa shape index (κ2) is 6.40. The van der Waals surface area contributed by atoms with Gasteiger partial charge in [0.05, 0.1) is 0 Å². The van der Waals surface area contributed by atoms with E-state index in [0.29, 0.717) is 12.0 Å². The van der Waals surface area contributed by atoms with Gasteiger partial charge >= 0.3 is 12.4 Å². The van der Waals surface area contributed by atoms with Gasteiger partial charge in [-0.05, 0) is 45.4 Å². The summed E-state index contributed by atoms with van der Waals surface area (Å²) in [7, 11) is 0. The second-order valence-electron chi connectivity index (χ2n) is 6.77. The molecule has 3 aromatic carbocycles. The van der Waals surface area contributed by atoms with Crippen molar-refractivity contribution in [2.45, 2.75) is 24.7 Å². The first kappa shape index (κ1) is 18.6. The Balaban J connectivity index is 1.93. The summed E-state index contributed by atoms with van der Waals surface area (Å²) in [6, 6.07) is 17.6. The van der Waals surface area contributed by atoms with E-state index in [1.165, 1.54) is 18.2 Å². The number of benzene rings is 3. The highest BCUT2D eigenvalue weighted by Crippen LogP contribution is 2.50. The molecule has 28 heavy (non-hydrogen) atoms. The van der Waals surface area contributed by atoms with Crippen molar-refractivity contribution in [2.75, 3.05) is 0 Å². The largest absolute Gasteiger partial charge is 0.404 e. The van der Waals surface area contributed by atoms with Crippen LogP contribution >= 0.6 is 0 Å². The third-order valence-electron chi connectivity index (χ3n) is 5.07. The van der Waals surface area contributed by atoms with Crippen molar-refractivity contribution in [3.63, 3.8) is 0 Å². The summed E-state index contributed by atoms with van der Waals surface area (Å²) in [5.74, 6) is -3.53. The van der Waals surface area contributed by atoms with Crippen LogP contribution in [0.2, 0.25) is 0 Å². The summed E-state index contributed by atoms with van der Waals surface area (Å²) >= 11 is 0. The van der Waals surface area contributed by atoms with Crippen molar-refractivity contribution in [3.05, 3.63) is 83.4 Å².